The number of thiazole rings is 1. The third-order valence-corrected chi connectivity index (χ3v) is 7.55. The second-order valence-electron chi connectivity index (χ2n) is 8.75. The maximum Gasteiger partial charge on any atom is 0.350 e. The van der Waals surface area contributed by atoms with Crippen molar-refractivity contribution in [1.82, 2.24) is 4.98 Å². The number of ketones is 1. The molecule has 0 spiro atoms. The largest absolute Gasteiger partial charge is 0.507 e. The van der Waals surface area contributed by atoms with E-state index in [1.165, 1.54) is 4.90 Å². The number of fused-ring (bicyclic) bond motifs is 1. The lowest BCUT2D eigenvalue weighted by atomic mass is 9.94. The number of carbonyl (C=O) groups is 3. The molecule has 3 aromatic rings. The molecule has 2 aliphatic heterocycles. The number of anilines is 1. The van der Waals surface area contributed by atoms with Gasteiger partial charge in [-0.3, -0.25) is 14.5 Å². The highest BCUT2D eigenvalue weighted by Gasteiger charge is 2.48. The predicted octanol–water partition coefficient (Wildman–Crippen LogP) is 4.59. The first-order valence-electron chi connectivity index (χ1n) is 12.3. The average molecular weight is 535 g/mol. The van der Waals surface area contributed by atoms with Gasteiger partial charge in [-0.15, -0.1) is 0 Å². The Morgan fingerprint density at radius 3 is 2.50 bits per heavy atom. The molecule has 3 heterocycles. The molecule has 1 atom stereocenters. The smallest absolute Gasteiger partial charge is 0.350 e. The molecule has 0 aliphatic carbocycles. The van der Waals surface area contributed by atoms with Gasteiger partial charge < -0.3 is 19.3 Å². The van der Waals surface area contributed by atoms with E-state index in [2.05, 4.69) is 4.98 Å². The molecule has 2 aliphatic rings. The van der Waals surface area contributed by atoms with Gasteiger partial charge in [-0.05, 0) is 49.6 Å². The molecule has 0 bridgehead atoms. The van der Waals surface area contributed by atoms with Gasteiger partial charge in [0.05, 0.1) is 23.9 Å². The van der Waals surface area contributed by atoms with E-state index >= 15 is 0 Å². The predicted molar refractivity (Wildman–Crippen MR) is 141 cm³/mol. The van der Waals surface area contributed by atoms with Crippen LogP contribution in [0, 0.1) is 6.92 Å². The van der Waals surface area contributed by atoms with Crippen molar-refractivity contribution in [3.63, 3.8) is 0 Å². The SMILES string of the molecule is CCOC(=O)c1sc(N2C(=O)C(=O)/C(=C(/O)c3ccc4c(c3)OCCO4)C2c2ccc(CC)cc2)nc1C. The van der Waals surface area contributed by atoms with E-state index in [1.54, 1.807) is 32.0 Å². The maximum absolute atomic E-state index is 13.4. The van der Waals surface area contributed by atoms with Crippen LogP contribution in [0.3, 0.4) is 0 Å². The third kappa shape index (κ3) is 4.41. The topological polar surface area (TPSA) is 115 Å². The van der Waals surface area contributed by atoms with Crippen molar-refractivity contribution in [2.75, 3.05) is 24.7 Å². The molecule has 9 nitrogen and oxygen atoms in total. The highest BCUT2D eigenvalue weighted by molar-refractivity contribution is 7.17. The van der Waals surface area contributed by atoms with Crippen LogP contribution in [0.15, 0.2) is 48.0 Å². The summed E-state index contributed by atoms with van der Waals surface area (Å²) in [5, 5.41) is 11.6. The van der Waals surface area contributed by atoms with Crippen LogP contribution in [0.1, 0.15) is 51.9 Å². The quantitative estimate of drug-likeness (QED) is 0.211. The highest BCUT2D eigenvalue weighted by Crippen LogP contribution is 2.44. The van der Waals surface area contributed by atoms with Crippen molar-refractivity contribution in [2.45, 2.75) is 33.2 Å². The first kappa shape index (κ1) is 25.5. The molecule has 196 valence electrons. The van der Waals surface area contributed by atoms with E-state index in [0.29, 0.717) is 41.5 Å². The number of hydrogen-bond acceptors (Lipinski definition) is 9. The zero-order chi connectivity index (χ0) is 27.0. The van der Waals surface area contributed by atoms with Crippen molar-refractivity contribution < 1.29 is 33.7 Å². The Hall–Kier alpha value is -4.18. The van der Waals surface area contributed by atoms with Gasteiger partial charge in [0.2, 0.25) is 0 Å². The number of aliphatic hydroxyl groups excluding tert-OH is 1. The number of aromatic nitrogens is 1. The fourth-order valence-electron chi connectivity index (χ4n) is 4.50. The van der Waals surface area contributed by atoms with Crippen LogP contribution in [0.4, 0.5) is 5.13 Å². The fraction of sp³-hybridized carbons (Fsp3) is 0.286. The fourth-order valence-corrected chi connectivity index (χ4v) is 5.49. The number of aryl methyl sites for hydroxylation is 2. The van der Waals surface area contributed by atoms with Crippen molar-refractivity contribution in [2.24, 2.45) is 0 Å². The molecular weight excluding hydrogens is 508 g/mol. The summed E-state index contributed by atoms with van der Waals surface area (Å²) in [6.45, 7) is 6.33. The molecule has 0 saturated carbocycles. The number of carbonyl (C=O) groups excluding carboxylic acids is 3. The van der Waals surface area contributed by atoms with E-state index in [9.17, 15) is 19.5 Å². The molecule has 1 saturated heterocycles. The minimum Gasteiger partial charge on any atom is -0.507 e. The Morgan fingerprint density at radius 1 is 1.11 bits per heavy atom. The van der Waals surface area contributed by atoms with Crippen molar-refractivity contribution in [1.29, 1.82) is 0 Å². The molecule has 38 heavy (non-hydrogen) atoms. The number of rotatable bonds is 6. The maximum atomic E-state index is 13.4. The van der Waals surface area contributed by atoms with Gasteiger partial charge >= 0.3 is 11.9 Å². The third-order valence-electron chi connectivity index (χ3n) is 6.42. The lowest BCUT2D eigenvalue weighted by Gasteiger charge is -2.23. The van der Waals surface area contributed by atoms with Crippen molar-refractivity contribution >= 4 is 39.9 Å². The number of Topliss-reactive ketones (excluding diaryl/α,β-unsaturated/α-hetero) is 1. The van der Waals surface area contributed by atoms with Crippen LogP contribution >= 0.6 is 11.3 Å². The summed E-state index contributed by atoms with van der Waals surface area (Å²) < 4.78 is 16.3. The number of amides is 1. The first-order valence-corrected chi connectivity index (χ1v) is 13.1. The van der Waals surface area contributed by atoms with Crippen molar-refractivity contribution in [3.05, 3.63) is 75.3 Å². The van der Waals surface area contributed by atoms with Gasteiger partial charge in [-0.25, -0.2) is 9.78 Å². The number of ether oxygens (including phenoxy) is 3. The van der Waals surface area contributed by atoms with Crippen LogP contribution in [-0.4, -0.2) is 47.6 Å². The summed E-state index contributed by atoms with van der Waals surface area (Å²) >= 11 is 0.971. The van der Waals surface area contributed by atoms with E-state index < -0.39 is 23.7 Å². The molecule has 5 rings (SSSR count). The lowest BCUT2D eigenvalue weighted by molar-refractivity contribution is -0.132. The summed E-state index contributed by atoms with van der Waals surface area (Å²) in [7, 11) is 0. The van der Waals surface area contributed by atoms with Gasteiger partial charge in [0.25, 0.3) is 5.78 Å². The van der Waals surface area contributed by atoms with Crippen LogP contribution in [0.25, 0.3) is 5.76 Å². The molecule has 2 aromatic carbocycles. The Bertz CT molecular complexity index is 1460. The zero-order valence-electron chi connectivity index (χ0n) is 21.1. The normalized spacial score (nSPS) is 18.1. The number of benzene rings is 2. The molecule has 1 amide bonds. The van der Waals surface area contributed by atoms with Crippen LogP contribution in [-0.2, 0) is 20.7 Å². The first-order chi connectivity index (χ1) is 18.3. The number of nitrogens with zero attached hydrogens (tertiary/aromatic N) is 2. The van der Waals surface area contributed by atoms with Crippen LogP contribution < -0.4 is 14.4 Å². The molecule has 0 radical (unpaired) electrons. The van der Waals surface area contributed by atoms with Crippen LogP contribution in [0.2, 0.25) is 0 Å². The monoisotopic (exact) mass is 534 g/mol. The average Bonchev–Trinajstić information content (AvgIpc) is 3.44. The van der Waals surface area contributed by atoms with Crippen LogP contribution in [0.5, 0.6) is 11.5 Å². The van der Waals surface area contributed by atoms with Crippen molar-refractivity contribution in [3.8, 4) is 11.5 Å². The summed E-state index contributed by atoms with van der Waals surface area (Å²) in [5.74, 6) is -1.63. The highest BCUT2D eigenvalue weighted by atomic mass is 32.1. The van der Waals surface area contributed by atoms with Gasteiger partial charge in [0.1, 0.15) is 23.9 Å². The Balaban J connectivity index is 1.66. The van der Waals surface area contributed by atoms with E-state index in [0.717, 1.165) is 23.3 Å². The second kappa shape index (κ2) is 10.3. The van der Waals surface area contributed by atoms with Gasteiger partial charge in [0.15, 0.2) is 16.6 Å². The minimum atomic E-state index is -0.963. The molecule has 10 heteroatoms. The number of aliphatic hydroxyl groups is 1. The van der Waals surface area contributed by atoms with E-state index in [4.69, 9.17) is 14.2 Å². The zero-order valence-corrected chi connectivity index (χ0v) is 22.0. The van der Waals surface area contributed by atoms with E-state index in [-0.39, 0.29) is 27.9 Å². The summed E-state index contributed by atoms with van der Waals surface area (Å²) in [5.41, 5.74) is 2.31. The molecular formula is C28H26N2O7S. The molecule has 1 N–H and O–H groups in total. The standard InChI is InChI=1S/C28H26N2O7S/c1-4-16-6-8-17(9-7-16)22-21(23(31)18-10-11-19-20(14-18)37-13-12-36-19)24(32)26(33)30(22)28-29-15(3)25(38-28)27(34)35-5-2/h6-11,14,22,31H,4-5,12-13H2,1-3H3/b23-21+. The minimum absolute atomic E-state index is 0.0820. The second-order valence-corrected chi connectivity index (χ2v) is 9.73. The number of esters is 1. The van der Waals surface area contributed by atoms with Gasteiger partial charge in [-0.2, -0.15) is 0 Å². The molecule has 1 aromatic heterocycles. The molecule has 1 fully saturated rings. The Kier molecular flexibility index (Phi) is 6.90. The summed E-state index contributed by atoms with van der Waals surface area (Å²) in [6, 6.07) is 11.4. The molecule has 1 unspecified atom stereocenters. The summed E-state index contributed by atoms with van der Waals surface area (Å²) in [4.78, 5) is 45.3. The Labute approximate surface area is 223 Å². The number of hydrogen-bond donors (Lipinski definition) is 1. The van der Waals surface area contributed by atoms with Gasteiger partial charge in [0, 0.05) is 5.56 Å². The van der Waals surface area contributed by atoms with E-state index in [1.807, 2.05) is 31.2 Å². The Morgan fingerprint density at radius 2 is 1.82 bits per heavy atom. The summed E-state index contributed by atoms with van der Waals surface area (Å²) in [6.07, 6.45) is 0.812. The lowest BCUT2D eigenvalue weighted by Crippen LogP contribution is -2.29. The van der Waals surface area contributed by atoms with Gasteiger partial charge in [-0.1, -0.05) is 42.5 Å².